The van der Waals surface area contributed by atoms with E-state index in [9.17, 15) is 4.79 Å². The molecule has 5 heteroatoms. The van der Waals surface area contributed by atoms with Crippen LogP contribution in [0.5, 0.6) is 0 Å². The van der Waals surface area contributed by atoms with E-state index in [-0.39, 0.29) is 12.1 Å². The standard InChI is InChI=1S/C18H23N3OS/c22-18(19-14-6-2-1-3-7-14)21-12-11-20-10-4-8-15(20)17(21)16-9-5-13-23-16/h4-5,8-10,13-14,17H,1-3,6-7,11-12H2,(H,19,22)/t17-/m0/s1. The SMILES string of the molecule is O=C(NC1CCCCC1)N1CCn2cccc2[C@H]1c1cccs1. The first-order valence-corrected chi connectivity index (χ1v) is 9.46. The highest BCUT2D eigenvalue weighted by Crippen LogP contribution is 2.35. The van der Waals surface area contributed by atoms with Crippen molar-refractivity contribution >= 4 is 17.4 Å². The number of hydrogen-bond donors (Lipinski definition) is 1. The third-order valence-electron chi connectivity index (χ3n) is 5.04. The normalized spacial score (nSPS) is 21.9. The van der Waals surface area contributed by atoms with Crippen LogP contribution in [-0.2, 0) is 6.54 Å². The van der Waals surface area contributed by atoms with Gasteiger partial charge in [-0.15, -0.1) is 11.3 Å². The third kappa shape index (κ3) is 2.90. The minimum Gasteiger partial charge on any atom is -0.347 e. The number of hydrogen-bond acceptors (Lipinski definition) is 2. The Kier molecular flexibility index (Phi) is 4.12. The summed E-state index contributed by atoms with van der Waals surface area (Å²) in [6.45, 7) is 1.64. The van der Waals surface area contributed by atoms with E-state index in [0.717, 1.165) is 25.9 Å². The minimum absolute atomic E-state index is 0.0438. The Hall–Kier alpha value is -1.75. The van der Waals surface area contributed by atoms with Crippen LogP contribution in [0.3, 0.4) is 0 Å². The van der Waals surface area contributed by atoms with E-state index < -0.39 is 0 Å². The molecule has 2 aromatic rings. The van der Waals surface area contributed by atoms with E-state index in [1.807, 2.05) is 4.90 Å². The van der Waals surface area contributed by atoms with E-state index in [4.69, 9.17) is 0 Å². The summed E-state index contributed by atoms with van der Waals surface area (Å²) in [6.07, 6.45) is 8.15. The predicted octanol–water partition coefficient (Wildman–Crippen LogP) is 4.00. The van der Waals surface area contributed by atoms with Gasteiger partial charge in [0.2, 0.25) is 0 Å². The maximum atomic E-state index is 12.9. The minimum atomic E-state index is 0.0438. The topological polar surface area (TPSA) is 37.3 Å². The van der Waals surface area contributed by atoms with Crippen LogP contribution in [0.25, 0.3) is 0 Å². The zero-order chi connectivity index (χ0) is 15.6. The molecule has 3 heterocycles. The fourth-order valence-electron chi connectivity index (χ4n) is 3.85. The Morgan fingerprint density at radius 1 is 1.13 bits per heavy atom. The van der Waals surface area contributed by atoms with E-state index >= 15 is 0 Å². The molecular weight excluding hydrogens is 306 g/mol. The van der Waals surface area contributed by atoms with Crippen molar-refractivity contribution < 1.29 is 4.79 Å². The quantitative estimate of drug-likeness (QED) is 0.888. The van der Waals surface area contributed by atoms with Gasteiger partial charge >= 0.3 is 6.03 Å². The highest BCUT2D eigenvalue weighted by molar-refractivity contribution is 7.10. The Morgan fingerprint density at radius 2 is 2.00 bits per heavy atom. The fourth-order valence-corrected chi connectivity index (χ4v) is 4.70. The van der Waals surface area contributed by atoms with Gasteiger partial charge in [0.15, 0.2) is 0 Å². The Morgan fingerprint density at radius 3 is 2.78 bits per heavy atom. The van der Waals surface area contributed by atoms with Gasteiger partial charge in [0.1, 0.15) is 6.04 Å². The van der Waals surface area contributed by atoms with Crippen molar-refractivity contribution in [3.63, 3.8) is 0 Å². The van der Waals surface area contributed by atoms with Crippen molar-refractivity contribution in [3.8, 4) is 0 Å². The fraction of sp³-hybridized carbons (Fsp3) is 0.500. The van der Waals surface area contributed by atoms with Crippen molar-refractivity contribution in [2.45, 2.75) is 50.7 Å². The Bertz CT molecular complexity index is 658. The molecule has 2 aromatic heterocycles. The molecule has 2 aliphatic rings. The number of urea groups is 1. The number of nitrogens with one attached hydrogen (secondary N) is 1. The molecule has 0 aromatic carbocycles. The van der Waals surface area contributed by atoms with Crippen molar-refractivity contribution in [1.82, 2.24) is 14.8 Å². The molecule has 0 radical (unpaired) electrons. The summed E-state index contributed by atoms with van der Waals surface area (Å²) < 4.78 is 2.27. The highest BCUT2D eigenvalue weighted by atomic mass is 32.1. The number of carbonyl (C=O) groups excluding carboxylic acids is 1. The maximum absolute atomic E-state index is 12.9. The number of carbonyl (C=O) groups is 1. The summed E-state index contributed by atoms with van der Waals surface area (Å²) in [5, 5.41) is 5.38. The van der Waals surface area contributed by atoms with Gasteiger partial charge in [-0.05, 0) is 36.4 Å². The summed E-state index contributed by atoms with van der Waals surface area (Å²) >= 11 is 1.73. The number of fused-ring (bicyclic) bond motifs is 1. The van der Waals surface area contributed by atoms with Gasteiger partial charge < -0.3 is 14.8 Å². The lowest BCUT2D eigenvalue weighted by Gasteiger charge is -2.37. The van der Waals surface area contributed by atoms with Crippen LogP contribution in [0.4, 0.5) is 4.79 Å². The third-order valence-corrected chi connectivity index (χ3v) is 5.97. The molecule has 0 saturated heterocycles. The van der Waals surface area contributed by atoms with E-state index in [0.29, 0.717) is 6.04 Å². The number of amides is 2. The molecule has 122 valence electrons. The smallest absolute Gasteiger partial charge is 0.318 e. The summed E-state index contributed by atoms with van der Waals surface area (Å²) in [4.78, 5) is 16.2. The summed E-state index contributed by atoms with van der Waals surface area (Å²) in [6, 6.07) is 8.93. The lowest BCUT2D eigenvalue weighted by molar-refractivity contribution is 0.163. The molecule has 0 bridgehead atoms. The van der Waals surface area contributed by atoms with E-state index in [1.165, 1.54) is 29.8 Å². The Balaban J connectivity index is 1.58. The molecule has 1 atom stereocenters. The van der Waals surface area contributed by atoms with Crippen molar-refractivity contribution in [1.29, 1.82) is 0 Å². The average Bonchev–Trinajstić information content (AvgIpc) is 3.26. The maximum Gasteiger partial charge on any atom is 0.318 e. The first-order chi connectivity index (χ1) is 11.3. The molecule has 0 spiro atoms. The van der Waals surface area contributed by atoms with Crippen LogP contribution in [-0.4, -0.2) is 28.1 Å². The Labute approximate surface area is 141 Å². The molecule has 2 amide bonds. The molecule has 1 fully saturated rings. The summed E-state index contributed by atoms with van der Waals surface area (Å²) in [5.41, 5.74) is 1.22. The van der Waals surface area contributed by atoms with Crippen LogP contribution in [0.2, 0.25) is 0 Å². The number of nitrogens with zero attached hydrogens (tertiary/aromatic N) is 2. The molecular formula is C18H23N3OS. The van der Waals surface area contributed by atoms with Gasteiger partial charge in [-0.25, -0.2) is 4.79 Å². The van der Waals surface area contributed by atoms with E-state index in [2.05, 4.69) is 45.7 Å². The highest BCUT2D eigenvalue weighted by Gasteiger charge is 2.33. The van der Waals surface area contributed by atoms with Gasteiger partial charge in [0.25, 0.3) is 0 Å². The molecule has 1 aliphatic carbocycles. The monoisotopic (exact) mass is 329 g/mol. The molecule has 1 saturated carbocycles. The van der Waals surface area contributed by atoms with Crippen LogP contribution in [0.15, 0.2) is 35.8 Å². The lowest BCUT2D eigenvalue weighted by Crippen LogP contribution is -2.50. The zero-order valence-corrected chi connectivity index (χ0v) is 14.1. The number of aromatic nitrogens is 1. The molecule has 1 aliphatic heterocycles. The number of rotatable bonds is 2. The van der Waals surface area contributed by atoms with Gasteiger partial charge in [0, 0.05) is 35.9 Å². The zero-order valence-electron chi connectivity index (χ0n) is 13.3. The molecule has 0 unspecified atom stereocenters. The predicted molar refractivity (Wildman–Crippen MR) is 92.7 cm³/mol. The summed E-state index contributed by atoms with van der Waals surface area (Å²) in [7, 11) is 0. The van der Waals surface area contributed by atoms with Crippen molar-refractivity contribution in [2.24, 2.45) is 0 Å². The first kappa shape index (κ1) is 14.8. The van der Waals surface area contributed by atoms with Gasteiger partial charge in [-0.1, -0.05) is 25.3 Å². The van der Waals surface area contributed by atoms with Crippen LogP contribution in [0, 0.1) is 0 Å². The second kappa shape index (κ2) is 6.40. The largest absolute Gasteiger partial charge is 0.347 e. The van der Waals surface area contributed by atoms with E-state index in [1.54, 1.807) is 11.3 Å². The van der Waals surface area contributed by atoms with Gasteiger partial charge in [0.05, 0.1) is 0 Å². The second-order valence-electron chi connectivity index (χ2n) is 6.52. The molecule has 1 N–H and O–H groups in total. The molecule has 4 nitrogen and oxygen atoms in total. The van der Waals surface area contributed by atoms with Crippen LogP contribution < -0.4 is 5.32 Å². The van der Waals surface area contributed by atoms with Crippen molar-refractivity contribution in [2.75, 3.05) is 6.54 Å². The summed E-state index contributed by atoms with van der Waals surface area (Å²) in [5.74, 6) is 0. The molecule has 4 rings (SSSR count). The lowest BCUT2D eigenvalue weighted by atomic mass is 9.95. The first-order valence-electron chi connectivity index (χ1n) is 8.58. The number of thiophene rings is 1. The second-order valence-corrected chi connectivity index (χ2v) is 7.50. The molecule has 23 heavy (non-hydrogen) atoms. The average molecular weight is 329 g/mol. The van der Waals surface area contributed by atoms with Crippen LogP contribution in [0.1, 0.15) is 48.7 Å². The van der Waals surface area contributed by atoms with Crippen molar-refractivity contribution in [3.05, 3.63) is 46.4 Å². The van der Waals surface area contributed by atoms with Crippen LogP contribution >= 0.6 is 11.3 Å². The van der Waals surface area contributed by atoms with Gasteiger partial charge in [-0.2, -0.15) is 0 Å². The van der Waals surface area contributed by atoms with Gasteiger partial charge in [-0.3, -0.25) is 0 Å².